The van der Waals surface area contributed by atoms with Gasteiger partial charge in [-0.25, -0.2) is 0 Å². The SMILES string of the molecule is Cc1cc(C(c2ccc3ccc(C(c4cc(C)c(N=O)cc4C)c4cc(C)c(ON)cc4C)cc3c2)c2cc(C)c(N=O)cc2C)c(C)cc1O. The highest BCUT2D eigenvalue weighted by molar-refractivity contribution is 5.85. The Kier molecular flexibility index (Phi) is 9.60. The number of aromatic hydroxyl groups is 1. The van der Waals surface area contributed by atoms with Crippen LogP contribution in [0.4, 0.5) is 11.4 Å². The molecule has 0 aliphatic rings. The Labute approximate surface area is 299 Å². The number of nitrogens with two attached hydrogens (primary N) is 1. The zero-order valence-corrected chi connectivity index (χ0v) is 30.4. The molecule has 2 atom stereocenters. The first-order chi connectivity index (χ1) is 24.3. The van der Waals surface area contributed by atoms with Crippen molar-refractivity contribution >= 4 is 22.1 Å². The maximum Gasteiger partial charge on any atom is 0.150 e. The van der Waals surface area contributed by atoms with Crippen LogP contribution in [0, 0.1) is 65.2 Å². The summed E-state index contributed by atoms with van der Waals surface area (Å²) in [7, 11) is 0. The van der Waals surface area contributed by atoms with Gasteiger partial charge in [0.1, 0.15) is 22.9 Å². The second-order valence-electron chi connectivity index (χ2n) is 14.0. The zero-order chi connectivity index (χ0) is 36.7. The highest BCUT2D eigenvalue weighted by atomic mass is 16.6. The van der Waals surface area contributed by atoms with E-state index in [0.29, 0.717) is 17.1 Å². The summed E-state index contributed by atoms with van der Waals surface area (Å²) in [6.45, 7) is 15.9. The van der Waals surface area contributed by atoms with Gasteiger partial charge in [0, 0.05) is 11.8 Å². The molecule has 0 bridgehead atoms. The lowest BCUT2D eigenvalue weighted by Crippen LogP contribution is -2.10. The molecule has 0 aliphatic heterocycles. The van der Waals surface area contributed by atoms with Crippen molar-refractivity contribution in [2.45, 2.75) is 67.2 Å². The van der Waals surface area contributed by atoms with E-state index in [0.717, 1.165) is 88.7 Å². The van der Waals surface area contributed by atoms with Gasteiger partial charge < -0.3 is 9.94 Å². The average Bonchev–Trinajstić information content (AvgIpc) is 3.10. The molecule has 6 rings (SSSR count). The molecule has 3 N–H and O–H groups in total. The number of fused-ring (bicyclic) bond motifs is 1. The van der Waals surface area contributed by atoms with Gasteiger partial charge >= 0.3 is 0 Å². The molecule has 6 aromatic rings. The van der Waals surface area contributed by atoms with Crippen molar-refractivity contribution in [3.05, 3.63) is 173 Å². The van der Waals surface area contributed by atoms with Gasteiger partial charge in [0.2, 0.25) is 0 Å². The van der Waals surface area contributed by atoms with Crippen molar-refractivity contribution in [2.75, 3.05) is 0 Å². The molecule has 0 radical (unpaired) electrons. The summed E-state index contributed by atoms with van der Waals surface area (Å²) >= 11 is 0. The maximum absolute atomic E-state index is 11.6. The van der Waals surface area contributed by atoms with Crippen LogP contribution in [0.15, 0.2) is 95.3 Å². The van der Waals surface area contributed by atoms with Crippen LogP contribution in [0.5, 0.6) is 11.5 Å². The standard InChI is InChI=1S/C44H43N3O4/c1-23-17-39(46-49)27(5)13-35(23)43(37-15-29(7)41(48)19-25(37)3)32-11-9-31-10-12-33(22-34(31)21-32)44(36-14-28(6)40(47-50)18-24(36)2)38-16-30(8)42(51-45)20-26(38)4/h9-22,43-44,48H,45H2,1-8H3. The van der Waals surface area contributed by atoms with Gasteiger partial charge in [-0.2, -0.15) is 5.90 Å². The summed E-state index contributed by atoms with van der Waals surface area (Å²) < 4.78 is 0. The summed E-state index contributed by atoms with van der Waals surface area (Å²) in [5, 5.41) is 19.3. The van der Waals surface area contributed by atoms with Gasteiger partial charge in [-0.15, -0.1) is 9.81 Å². The third-order valence-corrected chi connectivity index (χ3v) is 10.4. The van der Waals surface area contributed by atoms with Crippen LogP contribution in [0.1, 0.15) is 89.7 Å². The fourth-order valence-electron chi connectivity index (χ4n) is 7.55. The number of hydrogen-bond donors (Lipinski definition) is 2. The number of rotatable bonds is 9. The first-order valence-corrected chi connectivity index (χ1v) is 17.1. The number of hydrogen-bond acceptors (Lipinski definition) is 7. The quantitative estimate of drug-likeness (QED) is 0.0898. The molecule has 0 aromatic heterocycles. The third kappa shape index (κ3) is 6.53. The summed E-state index contributed by atoms with van der Waals surface area (Å²) in [4.78, 5) is 28.4. The Morgan fingerprint density at radius 1 is 0.490 bits per heavy atom. The highest BCUT2D eigenvalue weighted by Crippen LogP contribution is 2.43. The third-order valence-electron chi connectivity index (χ3n) is 10.4. The Morgan fingerprint density at radius 3 is 1.35 bits per heavy atom. The van der Waals surface area contributed by atoms with E-state index in [1.807, 2.05) is 72.7 Å². The number of phenolic OH excluding ortho intramolecular Hbond substituents is 1. The summed E-state index contributed by atoms with van der Waals surface area (Å²) in [5.74, 6) is 6.17. The maximum atomic E-state index is 11.6. The summed E-state index contributed by atoms with van der Waals surface area (Å²) in [6, 6.07) is 29.1. The molecule has 7 heteroatoms. The molecule has 0 fully saturated rings. The first kappa shape index (κ1) is 35.2. The second kappa shape index (κ2) is 13.9. The number of phenols is 1. The zero-order valence-electron chi connectivity index (χ0n) is 30.4. The minimum atomic E-state index is -0.172. The van der Waals surface area contributed by atoms with Crippen LogP contribution in [-0.4, -0.2) is 5.11 Å². The number of nitrogens with zero attached hydrogens (tertiary/aromatic N) is 2. The van der Waals surface area contributed by atoms with E-state index in [2.05, 4.69) is 77.9 Å². The molecular formula is C44H43N3O4. The normalized spacial score (nSPS) is 12.5. The number of nitroso groups, excluding NO2 is 2. The molecule has 7 nitrogen and oxygen atoms in total. The molecule has 258 valence electrons. The molecule has 0 spiro atoms. The van der Waals surface area contributed by atoms with Crippen molar-refractivity contribution in [3.8, 4) is 11.5 Å². The van der Waals surface area contributed by atoms with Crippen LogP contribution in [0.3, 0.4) is 0 Å². The van der Waals surface area contributed by atoms with Crippen molar-refractivity contribution in [1.29, 1.82) is 0 Å². The topological polar surface area (TPSA) is 114 Å². The van der Waals surface area contributed by atoms with E-state index >= 15 is 0 Å². The first-order valence-electron chi connectivity index (χ1n) is 17.1. The van der Waals surface area contributed by atoms with Gasteiger partial charge in [0.05, 0.1) is 0 Å². The van der Waals surface area contributed by atoms with Crippen LogP contribution in [0.2, 0.25) is 0 Å². The lowest BCUT2D eigenvalue weighted by molar-refractivity contribution is 0.331. The monoisotopic (exact) mass is 677 g/mol. The second-order valence-corrected chi connectivity index (χ2v) is 14.0. The lowest BCUT2D eigenvalue weighted by atomic mass is 9.78. The molecule has 2 unspecified atom stereocenters. The predicted octanol–water partition coefficient (Wildman–Crippen LogP) is 11.4. The smallest absolute Gasteiger partial charge is 0.150 e. The van der Waals surface area contributed by atoms with Gasteiger partial charge in [-0.1, -0.05) is 60.7 Å². The molecule has 0 saturated heterocycles. The van der Waals surface area contributed by atoms with Gasteiger partial charge in [-0.3, -0.25) is 0 Å². The Hall–Kier alpha value is -5.66. The van der Waals surface area contributed by atoms with Crippen LogP contribution < -0.4 is 10.7 Å². The van der Waals surface area contributed by atoms with Crippen molar-refractivity contribution in [3.63, 3.8) is 0 Å². The van der Waals surface area contributed by atoms with E-state index in [1.54, 1.807) is 0 Å². The van der Waals surface area contributed by atoms with Crippen molar-refractivity contribution in [1.82, 2.24) is 0 Å². The lowest BCUT2D eigenvalue weighted by Gasteiger charge is -2.26. The van der Waals surface area contributed by atoms with E-state index in [4.69, 9.17) is 10.7 Å². The minimum Gasteiger partial charge on any atom is -0.508 e. The largest absolute Gasteiger partial charge is 0.508 e. The molecule has 0 amide bonds. The van der Waals surface area contributed by atoms with Crippen LogP contribution >= 0.6 is 0 Å². The number of benzene rings is 6. The van der Waals surface area contributed by atoms with E-state index in [9.17, 15) is 14.9 Å². The highest BCUT2D eigenvalue weighted by Gasteiger charge is 2.26. The molecule has 51 heavy (non-hydrogen) atoms. The summed E-state index contributed by atoms with van der Waals surface area (Å²) in [6.07, 6.45) is 0. The van der Waals surface area contributed by atoms with E-state index < -0.39 is 0 Å². The molecular weight excluding hydrogens is 635 g/mol. The average molecular weight is 678 g/mol. The summed E-state index contributed by atoms with van der Waals surface area (Å²) in [5.41, 5.74) is 14.7. The van der Waals surface area contributed by atoms with Crippen molar-refractivity contribution in [2.24, 2.45) is 16.3 Å². The van der Waals surface area contributed by atoms with Gasteiger partial charge in [0.15, 0.2) is 0 Å². The minimum absolute atomic E-state index is 0.158. The Bertz CT molecular complexity index is 2360. The Morgan fingerprint density at radius 2 is 0.902 bits per heavy atom. The predicted molar refractivity (Wildman–Crippen MR) is 207 cm³/mol. The molecule has 0 heterocycles. The van der Waals surface area contributed by atoms with E-state index in [1.165, 1.54) is 0 Å². The van der Waals surface area contributed by atoms with E-state index in [-0.39, 0.29) is 17.6 Å². The van der Waals surface area contributed by atoms with Crippen LogP contribution in [-0.2, 0) is 0 Å². The fraction of sp³-hybridized carbons (Fsp3) is 0.227. The Balaban J connectivity index is 1.60. The fourth-order valence-corrected chi connectivity index (χ4v) is 7.55. The van der Waals surface area contributed by atoms with Gasteiger partial charge in [0.25, 0.3) is 0 Å². The van der Waals surface area contributed by atoms with Crippen LogP contribution in [0.25, 0.3) is 10.8 Å². The number of aryl methyl sites for hydroxylation is 8. The molecule has 0 aliphatic carbocycles. The molecule has 0 saturated carbocycles. The van der Waals surface area contributed by atoms with Gasteiger partial charge in [-0.05, 0) is 179 Å². The molecule has 6 aromatic carbocycles. The van der Waals surface area contributed by atoms with Crippen molar-refractivity contribution < 1.29 is 9.94 Å².